The van der Waals surface area contributed by atoms with Crippen molar-refractivity contribution in [2.45, 2.75) is 44.3 Å². The maximum Gasteiger partial charge on any atom is 0.272 e. The van der Waals surface area contributed by atoms with Crippen molar-refractivity contribution in [2.24, 2.45) is 5.92 Å². The molecule has 0 bridgehead atoms. The minimum atomic E-state index is 0.117. The molecular formula is C14H18N2OS2. The molecule has 0 spiro atoms. The van der Waals surface area contributed by atoms with Crippen molar-refractivity contribution >= 4 is 33.3 Å². The standard InChI is InChI=1S/C14H18N2OS2/c1-9(2)16-13(17)12-11(6-7-18-12)15-14(16)19-8-10-4-3-5-10/h6-7,9-10H,3-5,8H2,1-2H3. The van der Waals surface area contributed by atoms with E-state index >= 15 is 0 Å². The van der Waals surface area contributed by atoms with Gasteiger partial charge in [-0.3, -0.25) is 9.36 Å². The summed E-state index contributed by atoms with van der Waals surface area (Å²) in [5, 5.41) is 2.84. The van der Waals surface area contributed by atoms with Gasteiger partial charge in [0.2, 0.25) is 0 Å². The number of hydrogen-bond donors (Lipinski definition) is 0. The highest BCUT2D eigenvalue weighted by Gasteiger charge is 2.20. The SMILES string of the molecule is CC(C)n1c(SCC2CCC2)nc2ccsc2c1=O. The van der Waals surface area contributed by atoms with Gasteiger partial charge in [-0.1, -0.05) is 18.2 Å². The van der Waals surface area contributed by atoms with Gasteiger partial charge in [0.1, 0.15) is 4.70 Å². The van der Waals surface area contributed by atoms with Crippen LogP contribution >= 0.6 is 23.1 Å². The number of aromatic nitrogens is 2. The van der Waals surface area contributed by atoms with E-state index in [2.05, 4.69) is 18.8 Å². The molecule has 0 atom stereocenters. The van der Waals surface area contributed by atoms with Crippen molar-refractivity contribution in [3.05, 3.63) is 21.8 Å². The Kier molecular flexibility index (Phi) is 3.67. The monoisotopic (exact) mass is 294 g/mol. The molecule has 0 amide bonds. The number of fused-ring (bicyclic) bond motifs is 1. The van der Waals surface area contributed by atoms with E-state index in [1.165, 1.54) is 30.6 Å². The largest absolute Gasteiger partial charge is 0.284 e. The quantitative estimate of drug-likeness (QED) is 0.633. The van der Waals surface area contributed by atoms with Crippen molar-refractivity contribution < 1.29 is 0 Å². The summed E-state index contributed by atoms with van der Waals surface area (Å²) in [6.45, 7) is 4.10. The van der Waals surface area contributed by atoms with Crippen LogP contribution in [0.1, 0.15) is 39.2 Å². The molecule has 19 heavy (non-hydrogen) atoms. The van der Waals surface area contributed by atoms with Crippen molar-refractivity contribution in [2.75, 3.05) is 5.75 Å². The summed E-state index contributed by atoms with van der Waals surface area (Å²) in [4.78, 5) is 17.2. The molecule has 1 fully saturated rings. The van der Waals surface area contributed by atoms with Crippen LogP contribution in [-0.2, 0) is 0 Å². The van der Waals surface area contributed by atoms with Crippen molar-refractivity contribution in [1.29, 1.82) is 0 Å². The van der Waals surface area contributed by atoms with E-state index in [0.29, 0.717) is 0 Å². The summed E-state index contributed by atoms with van der Waals surface area (Å²) in [6, 6.07) is 2.11. The molecule has 1 aliphatic rings. The molecule has 2 heterocycles. The summed E-state index contributed by atoms with van der Waals surface area (Å²) < 4.78 is 2.63. The molecular weight excluding hydrogens is 276 g/mol. The van der Waals surface area contributed by atoms with Crippen LogP contribution < -0.4 is 5.56 Å². The van der Waals surface area contributed by atoms with Gasteiger partial charge in [0, 0.05) is 11.8 Å². The van der Waals surface area contributed by atoms with Crippen LogP contribution in [-0.4, -0.2) is 15.3 Å². The topological polar surface area (TPSA) is 34.9 Å². The van der Waals surface area contributed by atoms with E-state index in [-0.39, 0.29) is 11.6 Å². The predicted molar refractivity (Wildman–Crippen MR) is 82.3 cm³/mol. The first-order valence-corrected chi connectivity index (χ1v) is 8.66. The smallest absolute Gasteiger partial charge is 0.272 e. The second-order valence-corrected chi connectivity index (χ2v) is 7.31. The molecule has 0 radical (unpaired) electrons. The molecule has 0 saturated heterocycles. The van der Waals surface area contributed by atoms with E-state index in [9.17, 15) is 4.79 Å². The van der Waals surface area contributed by atoms with E-state index in [4.69, 9.17) is 0 Å². The third kappa shape index (κ3) is 2.46. The second kappa shape index (κ2) is 5.29. The average Bonchev–Trinajstić information content (AvgIpc) is 2.74. The van der Waals surface area contributed by atoms with Gasteiger partial charge in [-0.05, 0) is 44.1 Å². The van der Waals surface area contributed by atoms with Gasteiger partial charge >= 0.3 is 0 Å². The molecule has 102 valence electrons. The van der Waals surface area contributed by atoms with Crippen LogP contribution in [0.2, 0.25) is 0 Å². The maximum atomic E-state index is 12.5. The molecule has 3 rings (SSSR count). The van der Waals surface area contributed by atoms with E-state index in [1.807, 2.05) is 16.0 Å². The van der Waals surface area contributed by atoms with Crippen molar-refractivity contribution in [3.8, 4) is 0 Å². The third-order valence-corrected chi connectivity index (χ3v) is 5.74. The van der Waals surface area contributed by atoms with Crippen LogP contribution in [0.3, 0.4) is 0 Å². The van der Waals surface area contributed by atoms with Gasteiger partial charge in [0.25, 0.3) is 5.56 Å². The van der Waals surface area contributed by atoms with E-state index in [1.54, 1.807) is 11.8 Å². The molecule has 3 nitrogen and oxygen atoms in total. The fraction of sp³-hybridized carbons (Fsp3) is 0.571. The maximum absolute atomic E-state index is 12.5. The third-order valence-electron chi connectivity index (χ3n) is 3.67. The highest BCUT2D eigenvalue weighted by molar-refractivity contribution is 7.99. The summed E-state index contributed by atoms with van der Waals surface area (Å²) in [7, 11) is 0. The Morgan fingerprint density at radius 3 is 2.95 bits per heavy atom. The van der Waals surface area contributed by atoms with Crippen LogP contribution in [0.25, 0.3) is 10.2 Å². The zero-order chi connectivity index (χ0) is 13.4. The first kappa shape index (κ1) is 13.2. The normalized spacial score (nSPS) is 16.2. The van der Waals surface area contributed by atoms with Crippen LogP contribution in [0.4, 0.5) is 0 Å². The first-order valence-electron chi connectivity index (χ1n) is 6.79. The van der Waals surface area contributed by atoms with Crippen LogP contribution in [0, 0.1) is 5.92 Å². The van der Waals surface area contributed by atoms with E-state index in [0.717, 1.165) is 27.0 Å². The van der Waals surface area contributed by atoms with Crippen molar-refractivity contribution in [1.82, 2.24) is 9.55 Å². The molecule has 0 aromatic carbocycles. The lowest BCUT2D eigenvalue weighted by atomic mass is 9.87. The van der Waals surface area contributed by atoms with Gasteiger partial charge in [-0.2, -0.15) is 0 Å². The first-order chi connectivity index (χ1) is 9.16. The summed E-state index contributed by atoms with van der Waals surface area (Å²) in [5.74, 6) is 1.91. The van der Waals surface area contributed by atoms with Gasteiger partial charge < -0.3 is 0 Å². The minimum absolute atomic E-state index is 0.117. The van der Waals surface area contributed by atoms with E-state index < -0.39 is 0 Å². The summed E-state index contributed by atoms with van der Waals surface area (Å²) >= 11 is 3.24. The predicted octanol–water partition coefficient (Wildman–Crippen LogP) is 3.93. The fourth-order valence-corrected chi connectivity index (χ4v) is 4.39. The molecule has 2 aromatic heterocycles. The summed E-state index contributed by atoms with van der Waals surface area (Å²) in [5.41, 5.74) is 0.967. The second-order valence-electron chi connectivity index (χ2n) is 5.41. The Morgan fingerprint density at radius 2 is 2.32 bits per heavy atom. The molecule has 0 aliphatic heterocycles. The number of rotatable bonds is 4. The highest BCUT2D eigenvalue weighted by atomic mass is 32.2. The van der Waals surface area contributed by atoms with Crippen LogP contribution in [0.15, 0.2) is 21.4 Å². The summed E-state index contributed by atoms with van der Waals surface area (Å²) in [6.07, 6.45) is 4.03. The minimum Gasteiger partial charge on any atom is -0.284 e. The van der Waals surface area contributed by atoms with Crippen LogP contribution in [0.5, 0.6) is 0 Å². The Balaban J connectivity index is 1.99. The average molecular weight is 294 g/mol. The Bertz CT molecular complexity index is 640. The zero-order valence-corrected chi connectivity index (χ0v) is 12.9. The van der Waals surface area contributed by atoms with Crippen molar-refractivity contribution in [3.63, 3.8) is 0 Å². The molecule has 2 aromatic rings. The lowest BCUT2D eigenvalue weighted by molar-refractivity contribution is 0.352. The number of thiophene rings is 1. The number of hydrogen-bond acceptors (Lipinski definition) is 4. The Hall–Kier alpha value is -0.810. The lowest BCUT2D eigenvalue weighted by Crippen LogP contribution is -2.25. The molecule has 1 saturated carbocycles. The van der Waals surface area contributed by atoms with Gasteiger partial charge in [-0.15, -0.1) is 11.3 Å². The molecule has 0 unspecified atom stereocenters. The van der Waals surface area contributed by atoms with Gasteiger partial charge in [0.15, 0.2) is 5.16 Å². The lowest BCUT2D eigenvalue weighted by Gasteiger charge is -2.25. The zero-order valence-electron chi connectivity index (χ0n) is 11.3. The fourth-order valence-electron chi connectivity index (χ4n) is 2.31. The molecule has 1 aliphatic carbocycles. The Morgan fingerprint density at radius 1 is 1.53 bits per heavy atom. The molecule has 0 N–H and O–H groups in total. The Labute approximate surface area is 121 Å². The number of thioether (sulfide) groups is 1. The highest BCUT2D eigenvalue weighted by Crippen LogP contribution is 2.32. The number of nitrogens with zero attached hydrogens (tertiary/aromatic N) is 2. The van der Waals surface area contributed by atoms with Gasteiger partial charge in [-0.25, -0.2) is 4.98 Å². The molecule has 5 heteroatoms. The van der Waals surface area contributed by atoms with Gasteiger partial charge in [0.05, 0.1) is 5.52 Å².